The number of carbonyl (C=O) groups is 3. The number of pyridine rings is 2. The zero-order valence-electron chi connectivity index (χ0n) is 21.4. The van der Waals surface area contributed by atoms with Crippen LogP contribution in [0.5, 0.6) is 17.4 Å². The van der Waals surface area contributed by atoms with E-state index < -0.39 is 34.8 Å². The molecule has 0 bridgehead atoms. The van der Waals surface area contributed by atoms with Gasteiger partial charge in [-0.05, 0) is 49.2 Å². The van der Waals surface area contributed by atoms with Crippen molar-refractivity contribution in [3.63, 3.8) is 0 Å². The molecule has 1 fully saturated rings. The molecule has 0 saturated heterocycles. The first kappa shape index (κ1) is 26.5. The Hall–Kier alpha value is -5.13. The molecule has 204 valence electrons. The molecule has 2 heterocycles. The van der Waals surface area contributed by atoms with E-state index in [-0.39, 0.29) is 22.9 Å². The Kier molecular flexibility index (Phi) is 6.99. The van der Waals surface area contributed by atoms with Crippen LogP contribution in [0.25, 0.3) is 10.9 Å². The zero-order chi connectivity index (χ0) is 28.4. The molecule has 0 atom stereocenters. The minimum atomic E-state index is -1.32. The number of nitrogens with zero attached hydrogens (tertiary/aromatic N) is 2. The van der Waals surface area contributed by atoms with Crippen LogP contribution in [0.1, 0.15) is 23.2 Å². The second kappa shape index (κ2) is 10.6. The smallest absolute Gasteiger partial charge is 0.256 e. The van der Waals surface area contributed by atoms with Crippen LogP contribution in [0.3, 0.4) is 0 Å². The fraction of sp³-hybridized carbons (Fsp3) is 0.179. The molecular weight excluding hydrogens is 524 g/mol. The second-order valence-corrected chi connectivity index (χ2v) is 9.07. The second-order valence-electron chi connectivity index (χ2n) is 9.07. The zero-order valence-corrected chi connectivity index (χ0v) is 21.4. The Balaban J connectivity index is 1.33. The van der Waals surface area contributed by atoms with Crippen molar-refractivity contribution in [1.29, 1.82) is 0 Å². The van der Waals surface area contributed by atoms with Crippen molar-refractivity contribution in [1.82, 2.24) is 15.3 Å². The standard InChI is InChI=1S/C28H23F2N5O5/c1-31-24(36)19-12-18-21(13-23(19)39-2)32-10-7-22(18)40-25-20(30)11-17(14-33-25)35-27(38)28(8-9-28)26(37)34-16-5-3-15(29)4-6-16/h3-7,10-14H,8-9H2,1-2H3,(H,31,36)(H,34,37)(H,35,38). The van der Waals surface area contributed by atoms with Gasteiger partial charge in [0, 0.05) is 36.5 Å². The van der Waals surface area contributed by atoms with E-state index >= 15 is 4.39 Å². The maximum absolute atomic E-state index is 15.0. The van der Waals surface area contributed by atoms with E-state index in [1.54, 1.807) is 6.07 Å². The molecule has 0 aliphatic heterocycles. The number of carbonyl (C=O) groups excluding carboxylic acids is 3. The summed E-state index contributed by atoms with van der Waals surface area (Å²) in [6.07, 6.45) is 3.27. The molecule has 2 aromatic carbocycles. The van der Waals surface area contributed by atoms with Gasteiger partial charge >= 0.3 is 0 Å². The summed E-state index contributed by atoms with van der Waals surface area (Å²) in [6.45, 7) is 0. The van der Waals surface area contributed by atoms with E-state index in [9.17, 15) is 18.8 Å². The van der Waals surface area contributed by atoms with Crippen molar-refractivity contribution in [2.24, 2.45) is 5.41 Å². The summed E-state index contributed by atoms with van der Waals surface area (Å²) in [5.41, 5.74) is -0.259. The molecule has 1 aliphatic rings. The highest BCUT2D eigenvalue weighted by Gasteiger charge is 2.56. The highest BCUT2D eigenvalue weighted by atomic mass is 19.1. The Morgan fingerprint density at radius 2 is 1.60 bits per heavy atom. The van der Waals surface area contributed by atoms with E-state index in [1.165, 1.54) is 62.9 Å². The quantitative estimate of drug-likeness (QED) is 0.278. The number of hydrogen-bond acceptors (Lipinski definition) is 7. The summed E-state index contributed by atoms with van der Waals surface area (Å²) in [6, 6.07) is 10.8. The van der Waals surface area contributed by atoms with E-state index in [0.29, 0.717) is 35.2 Å². The van der Waals surface area contributed by atoms with Crippen molar-refractivity contribution in [2.45, 2.75) is 12.8 Å². The molecule has 12 heteroatoms. The molecule has 0 radical (unpaired) electrons. The molecule has 4 aromatic rings. The number of nitrogens with one attached hydrogen (secondary N) is 3. The molecule has 10 nitrogen and oxygen atoms in total. The highest BCUT2D eigenvalue weighted by molar-refractivity contribution is 6.16. The Morgan fingerprint density at radius 1 is 0.900 bits per heavy atom. The van der Waals surface area contributed by atoms with Crippen LogP contribution < -0.4 is 25.4 Å². The molecule has 3 amide bonds. The molecule has 0 unspecified atom stereocenters. The van der Waals surface area contributed by atoms with Gasteiger partial charge in [0.25, 0.3) is 11.8 Å². The summed E-state index contributed by atoms with van der Waals surface area (Å²) in [5, 5.41) is 8.09. The van der Waals surface area contributed by atoms with Gasteiger partial charge in [0.15, 0.2) is 5.82 Å². The minimum Gasteiger partial charge on any atom is -0.496 e. The lowest BCUT2D eigenvalue weighted by Crippen LogP contribution is -2.35. The first-order valence-corrected chi connectivity index (χ1v) is 12.1. The van der Waals surface area contributed by atoms with Crippen molar-refractivity contribution in [3.05, 3.63) is 78.1 Å². The molecule has 2 aromatic heterocycles. The van der Waals surface area contributed by atoms with Gasteiger partial charge in [-0.3, -0.25) is 19.4 Å². The summed E-state index contributed by atoms with van der Waals surface area (Å²) < 4.78 is 39.1. The fourth-order valence-corrected chi connectivity index (χ4v) is 4.11. The van der Waals surface area contributed by atoms with Gasteiger partial charge in [-0.25, -0.2) is 13.8 Å². The number of methoxy groups -OCH3 is 1. The summed E-state index contributed by atoms with van der Waals surface area (Å²) >= 11 is 0. The van der Waals surface area contributed by atoms with Crippen molar-refractivity contribution < 1.29 is 32.6 Å². The first-order chi connectivity index (χ1) is 19.2. The van der Waals surface area contributed by atoms with Crippen LogP contribution in [0, 0.1) is 17.0 Å². The van der Waals surface area contributed by atoms with Gasteiger partial charge in [-0.15, -0.1) is 0 Å². The van der Waals surface area contributed by atoms with Crippen molar-refractivity contribution >= 4 is 40.0 Å². The maximum Gasteiger partial charge on any atom is 0.256 e. The van der Waals surface area contributed by atoms with Crippen LogP contribution in [0.15, 0.2) is 60.9 Å². The first-order valence-electron chi connectivity index (χ1n) is 12.1. The average Bonchev–Trinajstić information content (AvgIpc) is 3.77. The molecule has 1 aliphatic carbocycles. The van der Waals surface area contributed by atoms with Crippen molar-refractivity contribution in [3.8, 4) is 17.4 Å². The Morgan fingerprint density at radius 3 is 2.23 bits per heavy atom. The van der Waals surface area contributed by atoms with Gasteiger partial charge in [0.05, 0.1) is 30.1 Å². The third-order valence-electron chi connectivity index (χ3n) is 6.49. The van der Waals surface area contributed by atoms with Crippen LogP contribution in [0.2, 0.25) is 0 Å². The third-order valence-corrected chi connectivity index (χ3v) is 6.49. The number of fused-ring (bicyclic) bond motifs is 1. The SMILES string of the molecule is CNC(=O)c1cc2c(Oc3ncc(NC(=O)C4(C(=O)Nc5ccc(F)cc5)CC4)cc3F)ccnc2cc1OC. The van der Waals surface area contributed by atoms with Crippen LogP contribution >= 0.6 is 0 Å². The number of halogens is 2. The van der Waals surface area contributed by atoms with E-state index in [0.717, 1.165) is 6.07 Å². The number of hydrogen-bond donors (Lipinski definition) is 3. The van der Waals surface area contributed by atoms with Gasteiger partial charge in [-0.1, -0.05) is 0 Å². The monoisotopic (exact) mass is 547 g/mol. The highest BCUT2D eigenvalue weighted by Crippen LogP contribution is 2.47. The minimum absolute atomic E-state index is 0.0296. The number of anilines is 2. The molecular formula is C28H23F2N5O5. The predicted molar refractivity (Wildman–Crippen MR) is 141 cm³/mol. The molecule has 3 N–H and O–H groups in total. The number of benzene rings is 2. The fourth-order valence-electron chi connectivity index (χ4n) is 4.11. The summed E-state index contributed by atoms with van der Waals surface area (Å²) in [7, 11) is 2.91. The lowest BCUT2D eigenvalue weighted by atomic mass is 10.0. The van der Waals surface area contributed by atoms with Crippen LogP contribution in [-0.2, 0) is 9.59 Å². The average molecular weight is 548 g/mol. The molecule has 0 spiro atoms. The number of rotatable bonds is 8. The van der Waals surface area contributed by atoms with E-state index in [1.807, 2.05) is 0 Å². The van der Waals surface area contributed by atoms with Crippen molar-refractivity contribution in [2.75, 3.05) is 24.8 Å². The number of aromatic nitrogens is 2. The van der Waals surface area contributed by atoms with E-state index in [2.05, 4.69) is 25.9 Å². The van der Waals surface area contributed by atoms with Crippen LogP contribution in [0.4, 0.5) is 20.2 Å². The third kappa shape index (κ3) is 5.10. The number of amides is 3. The Bertz CT molecular complexity index is 1640. The van der Waals surface area contributed by atoms with Gasteiger partial charge in [-0.2, -0.15) is 0 Å². The van der Waals surface area contributed by atoms with Gasteiger partial charge in [0.1, 0.15) is 22.7 Å². The van der Waals surface area contributed by atoms with Gasteiger partial charge in [0.2, 0.25) is 11.8 Å². The topological polar surface area (TPSA) is 132 Å². The maximum atomic E-state index is 15.0. The van der Waals surface area contributed by atoms with E-state index in [4.69, 9.17) is 9.47 Å². The largest absolute Gasteiger partial charge is 0.496 e. The van der Waals surface area contributed by atoms with Gasteiger partial charge < -0.3 is 25.4 Å². The predicted octanol–water partition coefficient (Wildman–Crippen LogP) is 4.43. The molecule has 5 rings (SSSR count). The lowest BCUT2D eigenvalue weighted by Gasteiger charge is -2.16. The molecule has 40 heavy (non-hydrogen) atoms. The Labute approximate surface area is 226 Å². The lowest BCUT2D eigenvalue weighted by molar-refractivity contribution is -0.131. The molecule has 1 saturated carbocycles. The van der Waals surface area contributed by atoms with Crippen LogP contribution in [-0.4, -0.2) is 41.8 Å². The normalized spacial score (nSPS) is 13.3. The summed E-state index contributed by atoms with van der Waals surface area (Å²) in [4.78, 5) is 46.2. The number of ether oxygens (including phenoxy) is 2. The summed E-state index contributed by atoms with van der Waals surface area (Å²) in [5.74, 6) is -2.75.